The smallest absolute Gasteiger partial charge is 0.352 e. The van der Waals surface area contributed by atoms with Crippen molar-refractivity contribution in [1.29, 1.82) is 0 Å². The monoisotopic (exact) mass is 478 g/mol. The maximum atomic E-state index is 14.5. The number of carbonyl (C=O) groups is 1. The molecular weight excluding hydrogens is 457 g/mol. The second-order valence-electron chi connectivity index (χ2n) is 8.58. The molecule has 174 valence electrons. The van der Waals surface area contributed by atoms with E-state index in [0.717, 1.165) is 22.1 Å². The Morgan fingerprint density at radius 2 is 2.03 bits per heavy atom. The zero-order valence-corrected chi connectivity index (χ0v) is 19.2. The SMILES string of the molecule is CC(C)c1c(-c2cc(F)cc3[nH]ccc23)[nH]c(C(=O)O)c1-c1cccc2c1C=C(NS(=O)[O-])C2. The molecule has 1 unspecified atom stereocenters. The van der Waals surface area contributed by atoms with Crippen LogP contribution < -0.4 is 4.72 Å². The van der Waals surface area contributed by atoms with Gasteiger partial charge in [0.25, 0.3) is 0 Å². The molecule has 4 N–H and O–H groups in total. The fraction of sp³-hybridized carbons (Fsp3) is 0.160. The van der Waals surface area contributed by atoms with Gasteiger partial charge in [-0.1, -0.05) is 32.0 Å². The maximum absolute atomic E-state index is 14.5. The number of aromatic carboxylic acids is 1. The van der Waals surface area contributed by atoms with Gasteiger partial charge < -0.3 is 24.3 Å². The third-order valence-corrected chi connectivity index (χ3v) is 6.54. The number of aromatic amines is 2. The molecule has 1 aliphatic rings. The first-order chi connectivity index (χ1) is 16.2. The zero-order chi connectivity index (χ0) is 24.1. The average Bonchev–Trinajstić information content (AvgIpc) is 3.47. The number of rotatable bonds is 6. The van der Waals surface area contributed by atoms with E-state index < -0.39 is 23.1 Å². The number of hydrogen-bond acceptors (Lipinski definition) is 3. The summed E-state index contributed by atoms with van der Waals surface area (Å²) in [4.78, 5) is 18.5. The quantitative estimate of drug-likeness (QED) is 0.289. The number of carboxylic acids is 1. The summed E-state index contributed by atoms with van der Waals surface area (Å²) < 4.78 is 39.2. The number of aromatic nitrogens is 2. The van der Waals surface area contributed by atoms with E-state index >= 15 is 0 Å². The Balaban J connectivity index is 1.81. The fourth-order valence-electron chi connectivity index (χ4n) is 4.84. The molecule has 0 amide bonds. The lowest BCUT2D eigenvalue weighted by atomic mass is 9.87. The molecule has 9 heteroatoms. The van der Waals surface area contributed by atoms with Crippen LogP contribution in [0.4, 0.5) is 4.39 Å². The largest absolute Gasteiger partial charge is 0.755 e. The summed E-state index contributed by atoms with van der Waals surface area (Å²) in [6.07, 6.45) is 3.84. The predicted octanol–water partition coefficient (Wildman–Crippen LogP) is 5.07. The molecule has 4 aromatic rings. The second-order valence-corrected chi connectivity index (χ2v) is 9.25. The van der Waals surface area contributed by atoms with Crippen molar-refractivity contribution in [3.05, 3.63) is 76.5 Å². The second kappa shape index (κ2) is 8.27. The number of allylic oxidation sites excluding steroid dienone is 1. The van der Waals surface area contributed by atoms with Crippen molar-refractivity contribution in [2.45, 2.75) is 26.2 Å². The Bertz CT molecular complexity index is 1520. The molecule has 2 aromatic carbocycles. The van der Waals surface area contributed by atoms with E-state index in [4.69, 9.17) is 0 Å². The van der Waals surface area contributed by atoms with Gasteiger partial charge in [0.2, 0.25) is 0 Å². The summed E-state index contributed by atoms with van der Waals surface area (Å²) in [5.41, 5.74) is 5.83. The van der Waals surface area contributed by atoms with Crippen molar-refractivity contribution in [3.8, 4) is 22.4 Å². The Morgan fingerprint density at radius 1 is 1.24 bits per heavy atom. The van der Waals surface area contributed by atoms with E-state index in [2.05, 4.69) is 14.7 Å². The molecule has 2 aromatic heterocycles. The van der Waals surface area contributed by atoms with Gasteiger partial charge in [0.1, 0.15) is 11.5 Å². The van der Waals surface area contributed by atoms with Crippen LogP contribution in [0.5, 0.6) is 0 Å². The van der Waals surface area contributed by atoms with Crippen LogP contribution in [-0.4, -0.2) is 29.8 Å². The molecule has 0 spiro atoms. The van der Waals surface area contributed by atoms with Gasteiger partial charge in [0.05, 0.1) is 5.69 Å². The molecule has 34 heavy (non-hydrogen) atoms. The third-order valence-electron chi connectivity index (χ3n) is 6.11. The number of carboxylic acid groups (broad SMARTS) is 1. The standard InChI is InChI=1S/C25H22FN3O4S/c1-12(2)21-22(17-5-3-4-13-8-15(11-18(13)17)29-34(32)33)24(25(30)31)28-23(21)19-9-14(26)10-20-16(19)6-7-27-20/h3-7,9-12,27-29H,8H2,1-2H3,(H,30,31)(H,32,33)/p-1. The summed E-state index contributed by atoms with van der Waals surface area (Å²) in [7, 11) is 0. The third kappa shape index (κ3) is 3.63. The van der Waals surface area contributed by atoms with E-state index in [1.54, 1.807) is 12.3 Å². The van der Waals surface area contributed by atoms with Crippen LogP contribution in [0.25, 0.3) is 39.4 Å². The first-order valence-corrected chi connectivity index (χ1v) is 11.8. The number of hydrogen-bond donors (Lipinski definition) is 4. The molecule has 2 heterocycles. The van der Waals surface area contributed by atoms with Gasteiger partial charge in [-0.25, -0.2) is 9.18 Å². The van der Waals surface area contributed by atoms with Gasteiger partial charge >= 0.3 is 5.97 Å². The minimum Gasteiger partial charge on any atom is -0.755 e. The highest BCUT2D eigenvalue weighted by Gasteiger charge is 2.29. The van der Waals surface area contributed by atoms with Crippen molar-refractivity contribution in [1.82, 2.24) is 14.7 Å². The van der Waals surface area contributed by atoms with Crippen molar-refractivity contribution in [3.63, 3.8) is 0 Å². The molecule has 0 aliphatic heterocycles. The van der Waals surface area contributed by atoms with Crippen LogP contribution in [0.3, 0.4) is 0 Å². The molecule has 0 saturated carbocycles. The fourth-order valence-corrected chi connectivity index (χ4v) is 5.19. The van der Waals surface area contributed by atoms with Crippen LogP contribution in [-0.2, 0) is 17.7 Å². The normalized spacial score (nSPS) is 13.9. The van der Waals surface area contributed by atoms with E-state index in [1.165, 1.54) is 12.1 Å². The average molecular weight is 479 g/mol. The predicted molar refractivity (Wildman–Crippen MR) is 128 cm³/mol. The van der Waals surface area contributed by atoms with Crippen molar-refractivity contribution < 1.29 is 23.1 Å². The van der Waals surface area contributed by atoms with Gasteiger partial charge in [-0.15, -0.1) is 0 Å². The number of nitrogens with one attached hydrogen (secondary N) is 3. The van der Waals surface area contributed by atoms with Crippen molar-refractivity contribution in [2.75, 3.05) is 0 Å². The molecule has 0 radical (unpaired) electrons. The molecule has 1 atom stereocenters. The van der Waals surface area contributed by atoms with Gasteiger partial charge in [-0.05, 0) is 52.4 Å². The number of halogens is 1. The Kier molecular flexibility index (Phi) is 5.38. The first-order valence-electron chi connectivity index (χ1n) is 10.7. The van der Waals surface area contributed by atoms with Gasteiger partial charge in [-0.2, -0.15) is 0 Å². The summed E-state index contributed by atoms with van der Waals surface area (Å²) in [5.74, 6) is -1.67. The molecule has 0 bridgehead atoms. The maximum Gasteiger partial charge on any atom is 0.352 e. The van der Waals surface area contributed by atoms with Gasteiger partial charge in [-0.3, -0.25) is 4.21 Å². The number of fused-ring (bicyclic) bond motifs is 2. The van der Waals surface area contributed by atoms with Crippen LogP contribution in [0, 0.1) is 5.82 Å². The molecule has 5 rings (SSSR count). The van der Waals surface area contributed by atoms with Crippen molar-refractivity contribution in [2.24, 2.45) is 0 Å². The summed E-state index contributed by atoms with van der Waals surface area (Å²) in [6, 6.07) is 10.2. The first kappa shape index (κ1) is 22.1. The van der Waals surface area contributed by atoms with E-state index in [0.29, 0.717) is 40.0 Å². The summed E-state index contributed by atoms with van der Waals surface area (Å²) in [5, 5.41) is 10.9. The highest BCUT2D eigenvalue weighted by molar-refractivity contribution is 7.77. The Labute approximate surface area is 197 Å². The minimum absolute atomic E-state index is 0.00209. The number of benzene rings is 2. The molecule has 1 aliphatic carbocycles. The minimum atomic E-state index is -2.46. The summed E-state index contributed by atoms with van der Waals surface area (Å²) >= 11 is -2.46. The lowest BCUT2D eigenvalue weighted by Crippen LogP contribution is -2.15. The van der Waals surface area contributed by atoms with Crippen LogP contribution >= 0.6 is 0 Å². The van der Waals surface area contributed by atoms with E-state index in [9.17, 15) is 23.1 Å². The molecule has 0 saturated heterocycles. The lowest BCUT2D eigenvalue weighted by molar-refractivity contribution is 0.0692. The highest BCUT2D eigenvalue weighted by atomic mass is 32.2. The summed E-state index contributed by atoms with van der Waals surface area (Å²) in [6.45, 7) is 3.92. The Morgan fingerprint density at radius 3 is 2.74 bits per heavy atom. The molecular formula is C25H21FN3O4S-. The van der Waals surface area contributed by atoms with E-state index in [-0.39, 0.29) is 11.6 Å². The lowest BCUT2D eigenvalue weighted by Gasteiger charge is -2.15. The van der Waals surface area contributed by atoms with Gasteiger partial charge in [0.15, 0.2) is 0 Å². The number of H-pyrrole nitrogens is 2. The van der Waals surface area contributed by atoms with Crippen LogP contribution in [0.2, 0.25) is 0 Å². The van der Waals surface area contributed by atoms with Crippen molar-refractivity contribution >= 4 is 34.2 Å². The zero-order valence-electron chi connectivity index (χ0n) is 18.4. The van der Waals surface area contributed by atoms with Crippen LogP contribution in [0.15, 0.2) is 48.3 Å². The topological polar surface area (TPSA) is 121 Å². The van der Waals surface area contributed by atoms with Crippen LogP contribution in [0.1, 0.15) is 46.9 Å². The molecule has 0 fully saturated rings. The molecule has 7 nitrogen and oxygen atoms in total. The van der Waals surface area contributed by atoms with Gasteiger partial charge in [0, 0.05) is 51.6 Å². The highest BCUT2D eigenvalue weighted by Crippen LogP contribution is 2.44. The Hall–Kier alpha value is -3.69. The van der Waals surface area contributed by atoms with E-state index in [1.807, 2.05) is 38.1 Å².